The molecule has 184 valence electrons. The molecule has 0 bridgehead atoms. The molecule has 1 aliphatic heterocycles. The van der Waals surface area contributed by atoms with E-state index in [2.05, 4.69) is 4.98 Å². The van der Waals surface area contributed by atoms with E-state index in [0.717, 1.165) is 5.56 Å². The molecule has 8 heteroatoms. The SMILES string of the molecule is CCOC(=O)c1ccc(CN2C(=O)C(=O)/C(=C(/O)c3cc(C)ccc3OC)C2c2ccccn2)cc1. The third kappa shape index (κ3) is 4.70. The van der Waals surface area contributed by atoms with Crippen molar-refractivity contribution in [3.63, 3.8) is 0 Å². The molecule has 1 atom stereocenters. The van der Waals surface area contributed by atoms with Gasteiger partial charge in [-0.05, 0) is 55.8 Å². The lowest BCUT2D eigenvalue weighted by Gasteiger charge is -2.25. The van der Waals surface area contributed by atoms with Gasteiger partial charge >= 0.3 is 5.97 Å². The fourth-order valence-corrected chi connectivity index (χ4v) is 4.20. The molecule has 0 spiro atoms. The molecule has 4 rings (SSSR count). The molecule has 0 aliphatic carbocycles. The maximum Gasteiger partial charge on any atom is 0.338 e. The third-order valence-electron chi connectivity index (χ3n) is 5.94. The molecule has 0 radical (unpaired) electrons. The van der Waals surface area contributed by atoms with Crippen molar-refractivity contribution in [1.29, 1.82) is 0 Å². The van der Waals surface area contributed by atoms with Crippen molar-refractivity contribution in [2.75, 3.05) is 13.7 Å². The van der Waals surface area contributed by atoms with Crippen LogP contribution in [0.25, 0.3) is 5.76 Å². The average molecular weight is 487 g/mol. The molecule has 1 fully saturated rings. The molecule has 3 aromatic rings. The Morgan fingerprint density at radius 1 is 1.08 bits per heavy atom. The Labute approximate surface area is 208 Å². The fourth-order valence-electron chi connectivity index (χ4n) is 4.20. The summed E-state index contributed by atoms with van der Waals surface area (Å²) >= 11 is 0. The van der Waals surface area contributed by atoms with E-state index in [1.807, 2.05) is 13.0 Å². The van der Waals surface area contributed by atoms with Gasteiger partial charge in [0.1, 0.15) is 17.6 Å². The first-order valence-electron chi connectivity index (χ1n) is 11.5. The van der Waals surface area contributed by atoms with Crippen LogP contribution in [0.4, 0.5) is 0 Å². The number of hydrogen-bond acceptors (Lipinski definition) is 7. The molecule has 1 unspecified atom stereocenters. The number of nitrogens with zero attached hydrogens (tertiary/aromatic N) is 2. The van der Waals surface area contributed by atoms with Gasteiger partial charge in [-0.1, -0.05) is 29.8 Å². The number of aliphatic hydroxyl groups is 1. The van der Waals surface area contributed by atoms with Crippen LogP contribution < -0.4 is 4.74 Å². The Hall–Kier alpha value is -4.46. The highest BCUT2D eigenvalue weighted by Crippen LogP contribution is 2.41. The topological polar surface area (TPSA) is 106 Å². The van der Waals surface area contributed by atoms with Crippen LogP contribution in [0.5, 0.6) is 5.75 Å². The maximum atomic E-state index is 13.3. The summed E-state index contributed by atoms with van der Waals surface area (Å²) in [6.45, 7) is 3.91. The monoisotopic (exact) mass is 486 g/mol. The number of benzene rings is 2. The molecule has 1 N–H and O–H groups in total. The number of carbonyl (C=O) groups is 3. The van der Waals surface area contributed by atoms with Crippen LogP contribution in [0.1, 0.15) is 45.7 Å². The third-order valence-corrected chi connectivity index (χ3v) is 5.94. The van der Waals surface area contributed by atoms with Crippen LogP contribution in [-0.2, 0) is 20.9 Å². The van der Waals surface area contributed by atoms with Gasteiger partial charge in [0.15, 0.2) is 0 Å². The van der Waals surface area contributed by atoms with Gasteiger partial charge in [0, 0.05) is 12.7 Å². The number of esters is 1. The zero-order chi connectivity index (χ0) is 25.8. The van der Waals surface area contributed by atoms with E-state index in [1.54, 1.807) is 67.7 Å². The number of methoxy groups -OCH3 is 1. The first-order chi connectivity index (χ1) is 17.3. The number of Topliss-reactive ketones (excluding diaryl/α,β-unsaturated/α-hetero) is 1. The first-order valence-corrected chi connectivity index (χ1v) is 11.5. The van der Waals surface area contributed by atoms with Crippen LogP contribution in [0.2, 0.25) is 0 Å². The van der Waals surface area contributed by atoms with Gasteiger partial charge < -0.3 is 19.5 Å². The molecular weight excluding hydrogens is 460 g/mol. The fraction of sp³-hybridized carbons (Fsp3) is 0.214. The smallest absolute Gasteiger partial charge is 0.338 e. The number of carbonyl (C=O) groups excluding carboxylic acids is 3. The standard InChI is InChI=1S/C28H26N2O6/c1-4-36-28(34)19-11-9-18(10-12-19)16-30-24(21-7-5-6-14-29-21)23(26(32)27(30)33)25(31)20-15-17(2)8-13-22(20)35-3/h5-15,24,31H,4,16H2,1-3H3/b25-23+. The van der Waals surface area contributed by atoms with Crippen molar-refractivity contribution in [2.24, 2.45) is 0 Å². The number of ether oxygens (including phenoxy) is 2. The van der Waals surface area contributed by atoms with Crippen molar-refractivity contribution in [2.45, 2.75) is 26.4 Å². The summed E-state index contributed by atoms with van der Waals surface area (Å²) in [5.41, 5.74) is 2.62. The van der Waals surface area contributed by atoms with Crippen molar-refractivity contribution < 1.29 is 29.0 Å². The molecule has 0 saturated carbocycles. The van der Waals surface area contributed by atoms with Crippen LogP contribution >= 0.6 is 0 Å². The summed E-state index contributed by atoms with van der Waals surface area (Å²) in [4.78, 5) is 44.2. The molecule has 36 heavy (non-hydrogen) atoms. The quantitative estimate of drug-likeness (QED) is 0.231. The predicted octanol–water partition coefficient (Wildman–Crippen LogP) is 4.20. The summed E-state index contributed by atoms with van der Waals surface area (Å²) in [7, 11) is 1.47. The Morgan fingerprint density at radius 2 is 1.83 bits per heavy atom. The van der Waals surface area contributed by atoms with Crippen molar-refractivity contribution in [1.82, 2.24) is 9.88 Å². The minimum absolute atomic E-state index is 0.0641. The number of ketones is 1. The summed E-state index contributed by atoms with van der Waals surface area (Å²) in [6.07, 6.45) is 1.57. The lowest BCUT2D eigenvalue weighted by Crippen LogP contribution is -2.29. The zero-order valence-electron chi connectivity index (χ0n) is 20.2. The van der Waals surface area contributed by atoms with Gasteiger partial charge in [-0.3, -0.25) is 14.6 Å². The van der Waals surface area contributed by atoms with Crippen LogP contribution in [0, 0.1) is 6.92 Å². The number of hydrogen-bond donors (Lipinski definition) is 1. The summed E-state index contributed by atoms with van der Waals surface area (Å²) in [5.74, 6) is -1.96. The molecule has 1 aromatic heterocycles. The van der Waals surface area contributed by atoms with E-state index in [9.17, 15) is 19.5 Å². The van der Waals surface area contributed by atoms with E-state index >= 15 is 0 Å². The Kier molecular flexibility index (Phi) is 7.15. The highest BCUT2D eigenvalue weighted by molar-refractivity contribution is 6.46. The number of aryl methyl sites for hydroxylation is 1. The van der Waals surface area contributed by atoms with Gasteiger partial charge in [0.2, 0.25) is 0 Å². The second kappa shape index (κ2) is 10.4. The van der Waals surface area contributed by atoms with Gasteiger partial charge in [0.25, 0.3) is 11.7 Å². The van der Waals surface area contributed by atoms with Gasteiger partial charge in [-0.15, -0.1) is 0 Å². The summed E-state index contributed by atoms with van der Waals surface area (Å²) in [5, 5.41) is 11.3. The van der Waals surface area contributed by atoms with E-state index in [-0.39, 0.29) is 24.5 Å². The highest BCUT2D eigenvalue weighted by Gasteiger charge is 2.47. The van der Waals surface area contributed by atoms with E-state index in [0.29, 0.717) is 28.1 Å². The number of rotatable bonds is 7. The average Bonchev–Trinajstić information content (AvgIpc) is 3.14. The Balaban J connectivity index is 1.79. The molecule has 2 heterocycles. The largest absolute Gasteiger partial charge is 0.507 e. The minimum Gasteiger partial charge on any atom is -0.507 e. The second-order valence-corrected chi connectivity index (χ2v) is 8.30. The van der Waals surface area contributed by atoms with Crippen molar-refractivity contribution in [3.05, 3.63) is 100 Å². The van der Waals surface area contributed by atoms with Gasteiger partial charge in [-0.25, -0.2) is 4.79 Å². The number of aliphatic hydroxyl groups excluding tert-OH is 1. The van der Waals surface area contributed by atoms with E-state index < -0.39 is 23.7 Å². The van der Waals surface area contributed by atoms with Crippen LogP contribution in [-0.4, -0.2) is 46.4 Å². The zero-order valence-corrected chi connectivity index (χ0v) is 20.2. The van der Waals surface area contributed by atoms with E-state index in [1.165, 1.54) is 12.0 Å². The minimum atomic E-state index is -0.916. The molecule has 1 amide bonds. The van der Waals surface area contributed by atoms with E-state index in [4.69, 9.17) is 9.47 Å². The lowest BCUT2D eigenvalue weighted by molar-refractivity contribution is -0.140. The highest BCUT2D eigenvalue weighted by atomic mass is 16.5. The molecule has 8 nitrogen and oxygen atoms in total. The summed E-state index contributed by atoms with van der Waals surface area (Å²) < 4.78 is 10.4. The van der Waals surface area contributed by atoms with Crippen LogP contribution in [0.3, 0.4) is 0 Å². The van der Waals surface area contributed by atoms with Crippen LogP contribution in [0.15, 0.2) is 72.4 Å². The number of amides is 1. The maximum absolute atomic E-state index is 13.3. The van der Waals surface area contributed by atoms with Crippen molar-refractivity contribution in [3.8, 4) is 5.75 Å². The van der Waals surface area contributed by atoms with Crippen molar-refractivity contribution >= 4 is 23.4 Å². The predicted molar refractivity (Wildman–Crippen MR) is 132 cm³/mol. The lowest BCUT2D eigenvalue weighted by atomic mass is 9.97. The summed E-state index contributed by atoms with van der Waals surface area (Å²) in [6, 6.07) is 16.1. The number of likely N-dealkylation sites (tertiary alicyclic amines) is 1. The second-order valence-electron chi connectivity index (χ2n) is 8.30. The number of pyridine rings is 1. The Morgan fingerprint density at radius 3 is 2.47 bits per heavy atom. The molecular formula is C28H26N2O6. The first kappa shape index (κ1) is 24.7. The molecule has 1 aliphatic rings. The molecule has 1 saturated heterocycles. The molecule has 2 aromatic carbocycles. The van der Waals surface area contributed by atoms with Gasteiger partial charge in [0.05, 0.1) is 36.1 Å². The normalized spacial score (nSPS) is 16.8. The van der Waals surface area contributed by atoms with Gasteiger partial charge in [-0.2, -0.15) is 0 Å². The Bertz CT molecular complexity index is 1330. The number of aromatic nitrogens is 1.